The van der Waals surface area contributed by atoms with Crippen molar-refractivity contribution in [1.29, 1.82) is 0 Å². The van der Waals surface area contributed by atoms with Crippen molar-refractivity contribution >= 4 is 5.91 Å². The lowest BCUT2D eigenvalue weighted by atomic mass is 10.0. The maximum atomic E-state index is 12.3. The third-order valence-electron chi connectivity index (χ3n) is 4.53. The van der Waals surface area contributed by atoms with E-state index in [2.05, 4.69) is 4.98 Å². The highest BCUT2D eigenvalue weighted by atomic mass is 16.5. The Kier molecular flexibility index (Phi) is 4.18. The summed E-state index contributed by atoms with van der Waals surface area (Å²) in [5.74, 6) is 1.91. The lowest BCUT2D eigenvalue weighted by Crippen LogP contribution is -2.57. The van der Waals surface area contributed by atoms with E-state index in [0.29, 0.717) is 24.7 Å². The normalized spacial score (nSPS) is 17.8. The number of carbonyl (C=O) groups is 1. The van der Waals surface area contributed by atoms with Crippen LogP contribution in [0.15, 0.2) is 42.6 Å². The molecule has 0 N–H and O–H groups in total. The SMILES string of the molecule is CC1(C)Cc2cccc(OCC(=O)N3CC(Oc4ccccn4)C3)c2O1. The minimum Gasteiger partial charge on any atom is -0.483 e. The van der Waals surface area contributed by atoms with E-state index >= 15 is 0 Å². The molecular weight excluding hydrogens is 332 g/mol. The molecule has 0 atom stereocenters. The Balaban J connectivity index is 1.28. The van der Waals surface area contributed by atoms with Gasteiger partial charge in [-0.1, -0.05) is 18.2 Å². The number of para-hydroxylation sites is 1. The maximum absolute atomic E-state index is 12.3. The number of rotatable bonds is 5. The van der Waals surface area contributed by atoms with Gasteiger partial charge in [0.2, 0.25) is 5.88 Å². The van der Waals surface area contributed by atoms with E-state index in [-0.39, 0.29) is 24.2 Å². The van der Waals surface area contributed by atoms with E-state index in [1.807, 2.05) is 50.2 Å². The van der Waals surface area contributed by atoms with Crippen molar-refractivity contribution in [3.63, 3.8) is 0 Å². The number of hydrogen-bond acceptors (Lipinski definition) is 5. The zero-order chi connectivity index (χ0) is 18.1. The first kappa shape index (κ1) is 16.7. The van der Waals surface area contributed by atoms with Gasteiger partial charge in [-0.3, -0.25) is 4.79 Å². The number of amides is 1. The molecule has 4 rings (SSSR count). The molecule has 1 saturated heterocycles. The van der Waals surface area contributed by atoms with Crippen molar-refractivity contribution in [3.05, 3.63) is 48.2 Å². The Morgan fingerprint density at radius 3 is 2.88 bits per heavy atom. The van der Waals surface area contributed by atoms with Crippen LogP contribution in [-0.4, -0.2) is 47.2 Å². The van der Waals surface area contributed by atoms with Gasteiger partial charge in [0.05, 0.1) is 13.1 Å². The monoisotopic (exact) mass is 354 g/mol. The van der Waals surface area contributed by atoms with Crippen molar-refractivity contribution < 1.29 is 19.0 Å². The van der Waals surface area contributed by atoms with Gasteiger partial charge in [-0.2, -0.15) is 0 Å². The van der Waals surface area contributed by atoms with Gasteiger partial charge in [0.15, 0.2) is 18.1 Å². The fourth-order valence-corrected chi connectivity index (χ4v) is 3.24. The van der Waals surface area contributed by atoms with Gasteiger partial charge < -0.3 is 19.1 Å². The second-order valence-corrected chi connectivity index (χ2v) is 7.28. The van der Waals surface area contributed by atoms with Crippen LogP contribution in [0.5, 0.6) is 17.4 Å². The van der Waals surface area contributed by atoms with Crippen molar-refractivity contribution in [3.8, 4) is 17.4 Å². The van der Waals surface area contributed by atoms with Gasteiger partial charge in [0.25, 0.3) is 5.91 Å². The number of likely N-dealkylation sites (tertiary alicyclic amines) is 1. The zero-order valence-corrected chi connectivity index (χ0v) is 15.0. The summed E-state index contributed by atoms with van der Waals surface area (Å²) >= 11 is 0. The Labute approximate surface area is 152 Å². The Bertz CT molecular complexity index is 801. The summed E-state index contributed by atoms with van der Waals surface area (Å²) in [6, 6.07) is 11.3. The smallest absolute Gasteiger partial charge is 0.260 e. The Morgan fingerprint density at radius 1 is 1.27 bits per heavy atom. The first-order chi connectivity index (χ1) is 12.5. The van der Waals surface area contributed by atoms with E-state index < -0.39 is 0 Å². The molecule has 2 aromatic rings. The van der Waals surface area contributed by atoms with Gasteiger partial charge >= 0.3 is 0 Å². The summed E-state index contributed by atoms with van der Waals surface area (Å²) in [6.07, 6.45) is 2.51. The van der Waals surface area contributed by atoms with E-state index in [4.69, 9.17) is 14.2 Å². The third kappa shape index (κ3) is 3.45. The van der Waals surface area contributed by atoms with Crippen LogP contribution in [0.3, 0.4) is 0 Å². The van der Waals surface area contributed by atoms with Crippen molar-refractivity contribution in [2.24, 2.45) is 0 Å². The molecule has 6 nitrogen and oxygen atoms in total. The van der Waals surface area contributed by atoms with Gasteiger partial charge in [-0.05, 0) is 26.0 Å². The van der Waals surface area contributed by atoms with Crippen LogP contribution in [0.25, 0.3) is 0 Å². The van der Waals surface area contributed by atoms with Crippen LogP contribution in [0.4, 0.5) is 0 Å². The summed E-state index contributed by atoms with van der Waals surface area (Å²) in [6.45, 7) is 5.19. The van der Waals surface area contributed by atoms with Crippen molar-refractivity contribution in [2.45, 2.75) is 32.0 Å². The minimum atomic E-state index is -0.237. The number of hydrogen-bond donors (Lipinski definition) is 0. The van der Waals surface area contributed by atoms with Crippen LogP contribution < -0.4 is 14.2 Å². The molecule has 1 aromatic heterocycles. The number of nitrogens with zero attached hydrogens (tertiary/aromatic N) is 2. The van der Waals surface area contributed by atoms with Gasteiger partial charge in [0, 0.05) is 24.2 Å². The number of benzene rings is 1. The summed E-state index contributed by atoms with van der Waals surface area (Å²) in [7, 11) is 0. The predicted octanol–water partition coefficient (Wildman–Crippen LogP) is 2.46. The second-order valence-electron chi connectivity index (χ2n) is 7.28. The molecule has 0 radical (unpaired) electrons. The first-order valence-electron chi connectivity index (χ1n) is 8.79. The average molecular weight is 354 g/mol. The molecule has 0 saturated carbocycles. The summed E-state index contributed by atoms with van der Waals surface area (Å²) in [5.41, 5.74) is 0.881. The molecule has 1 fully saturated rings. The van der Waals surface area contributed by atoms with Crippen molar-refractivity contribution in [1.82, 2.24) is 9.88 Å². The molecule has 0 bridgehead atoms. The molecule has 136 valence electrons. The van der Waals surface area contributed by atoms with Crippen LogP contribution in [0.1, 0.15) is 19.4 Å². The highest BCUT2D eigenvalue weighted by Gasteiger charge is 2.34. The second kappa shape index (κ2) is 6.52. The molecule has 2 aliphatic rings. The quantitative estimate of drug-likeness (QED) is 0.825. The first-order valence-corrected chi connectivity index (χ1v) is 8.79. The number of pyridine rings is 1. The van der Waals surface area contributed by atoms with Gasteiger partial charge in [-0.25, -0.2) is 4.98 Å². The minimum absolute atomic E-state index is 0.00342. The lowest BCUT2D eigenvalue weighted by molar-refractivity contribution is -0.142. The topological polar surface area (TPSA) is 60.9 Å². The highest BCUT2D eigenvalue weighted by Crippen LogP contribution is 2.41. The molecule has 3 heterocycles. The molecule has 1 amide bonds. The van der Waals surface area contributed by atoms with Gasteiger partial charge in [-0.15, -0.1) is 0 Å². The van der Waals surface area contributed by atoms with Crippen LogP contribution in [0, 0.1) is 0 Å². The Hall–Kier alpha value is -2.76. The molecular formula is C20H22N2O4. The van der Waals surface area contributed by atoms with Crippen LogP contribution in [-0.2, 0) is 11.2 Å². The highest BCUT2D eigenvalue weighted by molar-refractivity contribution is 5.78. The molecule has 0 spiro atoms. The fraction of sp³-hybridized carbons (Fsp3) is 0.400. The lowest BCUT2D eigenvalue weighted by Gasteiger charge is -2.38. The molecule has 6 heteroatoms. The van der Waals surface area contributed by atoms with Crippen molar-refractivity contribution in [2.75, 3.05) is 19.7 Å². The third-order valence-corrected chi connectivity index (χ3v) is 4.53. The maximum Gasteiger partial charge on any atom is 0.260 e. The average Bonchev–Trinajstić information content (AvgIpc) is 2.91. The largest absolute Gasteiger partial charge is 0.483 e. The Morgan fingerprint density at radius 2 is 2.12 bits per heavy atom. The number of carbonyl (C=O) groups excluding carboxylic acids is 1. The predicted molar refractivity (Wildman–Crippen MR) is 95.6 cm³/mol. The summed E-state index contributed by atoms with van der Waals surface area (Å²) < 4.78 is 17.4. The van der Waals surface area contributed by atoms with Gasteiger partial charge in [0.1, 0.15) is 11.7 Å². The molecule has 26 heavy (non-hydrogen) atoms. The summed E-state index contributed by atoms with van der Waals surface area (Å²) in [4.78, 5) is 18.2. The zero-order valence-electron chi connectivity index (χ0n) is 15.0. The standard InChI is InChI=1S/C20H22N2O4/c1-20(2)10-14-6-5-7-16(19(14)26-20)24-13-18(23)22-11-15(12-22)25-17-8-3-4-9-21-17/h3-9,15H,10-13H2,1-2H3. The molecule has 1 aromatic carbocycles. The van der Waals surface area contributed by atoms with E-state index in [9.17, 15) is 4.79 Å². The van der Waals surface area contributed by atoms with E-state index in [1.54, 1.807) is 11.1 Å². The molecule has 2 aliphatic heterocycles. The molecule has 0 aliphatic carbocycles. The van der Waals surface area contributed by atoms with Crippen LogP contribution >= 0.6 is 0 Å². The fourth-order valence-electron chi connectivity index (χ4n) is 3.24. The number of fused-ring (bicyclic) bond motifs is 1. The summed E-state index contributed by atoms with van der Waals surface area (Å²) in [5, 5.41) is 0. The van der Waals surface area contributed by atoms with E-state index in [0.717, 1.165) is 17.7 Å². The van der Waals surface area contributed by atoms with Crippen LogP contribution in [0.2, 0.25) is 0 Å². The van der Waals surface area contributed by atoms with E-state index in [1.165, 1.54) is 0 Å². The number of ether oxygens (including phenoxy) is 3. The number of aromatic nitrogens is 1. The molecule has 0 unspecified atom stereocenters.